The molecule has 1 aliphatic rings. The first kappa shape index (κ1) is 24.7. The number of anilines is 1. The van der Waals surface area contributed by atoms with Crippen molar-refractivity contribution in [1.29, 1.82) is 0 Å². The molecule has 0 unspecified atom stereocenters. The van der Waals surface area contributed by atoms with E-state index < -0.39 is 0 Å². The van der Waals surface area contributed by atoms with E-state index in [2.05, 4.69) is 87.8 Å². The maximum absolute atomic E-state index is 9.54. The second-order valence-corrected chi connectivity index (χ2v) is 9.50. The summed E-state index contributed by atoms with van der Waals surface area (Å²) in [4.78, 5) is 4.65. The highest BCUT2D eigenvalue weighted by molar-refractivity contribution is 6.00. The Bertz CT molecular complexity index is 1070. The molecule has 0 saturated carbocycles. The van der Waals surface area contributed by atoms with Gasteiger partial charge >= 0.3 is 0 Å². The van der Waals surface area contributed by atoms with Crippen molar-refractivity contribution in [2.24, 2.45) is 5.16 Å². The van der Waals surface area contributed by atoms with Gasteiger partial charge in [-0.05, 0) is 73.0 Å². The minimum Gasteiger partial charge on any atom is -0.411 e. The van der Waals surface area contributed by atoms with E-state index in [0.29, 0.717) is 0 Å². The van der Waals surface area contributed by atoms with Crippen molar-refractivity contribution in [3.05, 3.63) is 107 Å². The fourth-order valence-corrected chi connectivity index (χ4v) is 4.91. The molecule has 0 radical (unpaired) electrons. The number of nitrogens with zero attached hydrogens (tertiary/aromatic N) is 3. The molecule has 0 atom stereocenters. The van der Waals surface area contributed by atoms with Crippen molar-refractivity contribution in [1.82, 2.24) is 4.90 Å². The van der Waals surface area contributed by atoms with Crippen LogP contribution in [0.4, 0.5) is 5.69 Å². The van der Waals surface area contributed by atoms with Crippen molar-refractivity contribution in [2.75, 3.05) is 38.6 Å². The van der Waals surface area contributed by atoms with E-state index in [1.807, 2.05) is 26.2 Å². The summed E-state index contributed by atoms with van der Waals surface area (Å²) in [6, 6.07) is 29.9. The standard InChI is InChI=1S/C31H37N3O/c1-33(2)29-18-16-25(17-19-29)30(32-35)15-9-10-22-34-23-20-28(21-24-34)31(26-11-5-3-6-12-26)27-13-7-4-8-14-27/h3-8,11-14,16-19,35H,9-10,15,20-24H2,1-2H3. The molecule has 35 heavy (non-hydrogen) atoms. The van der Waals surface area contributed by atoms with Crippen LogP contribution in [0, 0.1) is 0 Å². The van der Waals surface area contributed by atoms with Crippen LogP contribution in [-0.4, -0.2) is 49.5 Å². The Kier molecular flexibility index (Phi) is 8.74. The molecule has 3 aromatic carbocycles. The molecule has 0 aliphatic carbocycles. The molecule has 0 aromatic heterocycles. The molecule has 0 bridgehead atoms. The van der Waals surface area contributed by atoms with Gasteiger partial charge in [0.15, 0.2) is 0 Å². The fraction of sp³-hybridized carbons (Fsp3) is 0.323. The van der Waals surface area contributed by atoms with E-state index in [9.17, 15) is 5.21 Å². The average molecular weight is 468 g/mol. The summed E-state index contributed by atoms with van der Waals surface area (Å²) in [7, 11) is 4.05. The van der Waals surface area contributed by atoms with Crippen LogP contribution in [0.15, 0.2) is 95.7 Å². The number of hydrogen-bond donors (Lipinski definition) is 1. The normalized spacial score (nSPS) is 14.7. The van der Waals surface area contributed by atoms with Gasteiger partial charge in [-0.25, -0.2) is 0 Å². The van der Waals surface area contributed by atoms with Crippen molar-refractivity contribution in [3.8, 4) is 0 Å². The lowest BCUT2D eigenvalue weighted by Gasteiger charge is -2.30. The average Bonchev–Trinajstić information content (AvgIpc) is 2.91. The van der Waals surface area contributed by atoms with Gasteiger partial charge in [0.05, 0.1) is 5.71 Å². The van der Waals surface area contributed by atoms with E-state index in [1.54, 1.807) is 5.57 Å². The third-order valence-electron chi connectivity index (χ3n) is 6.91. The van der Waals surface area contributed by atoms with Crippen LogP contribution in [0.3, 0.4) is 0 Å². The highest BCUT2D eigenvalue weighted by atomic mass is 16.4. The Morgan fingerprint density at radius 3 is 1.86 bits per heavy atom. The highest BCUT2D eigenvalue weighted by Gasteiger charge is 2.19. The Morgan fingerprint density at radius 2 is 1.34 bits per heavy atom. The zero-order chi connectivity index (χ0) is 24.5. The Hall–Kier alpha value is -3.37. The van der Waals surface area contributed by atoms with Crippen LogP contribution < -0.4 is 4.90 Å². The molecule has 1 heterocycles. The number of piperidine rings is 1. The summed E-state index contributed by atoms with van der Waals surface area (Å²) in [6.07, 6.45) is 5.15. The fourth-order valence-electron chi connectivity index (χ4n) is 4.91. The summed E-state index contributed by atoms with van der Waals surface area (Å²) in [5, 5.41) is 13.1. The van der Waals surface area contributed by atoms with Crippen molar-refractivity contribution < 1.29 is 5.21 Å². The predicted octanol–water partition coefficient (Wildman–Crippen LogP) is 6.70. The van der Waals surface area contributed by atoms with Gasteiger partial charge in [0.25, 0.3) is 0 Å². The molecule has 0 amide bonds. The summed E-state index contributed by atoms with van der Waals surface area (Å²) in [5.74, 6) is 0. The Morgan fingerprint density at radius 1 is 0.771 bits per heavy atom. The largest absolute Gasteiger partial charge is 0.411 e. The van der Waals surface area contributed by atoms with Crippen LogP contribution >= 0.6 is 0 Å². The van der Waals surface area contributed by atoms with Gasteiger partial charge in [0.1, 0.15) is 0 Å². The van der Waals surface area contributed by atoms with Gasteiger partial charge < -0.3 is 15.0 Å². The third-order valence-corrected chi connectivity index (χ3v) is 6.91. The van der Waals surface area contributed by atoms with E-state index in [4.69, 9.17) is 0 Å². The SMILES string of the molecule is CN(C)c1ccc(C(CCCCN2CCC(=C(c3ccccc3)c3ccccc3)CC2)=NO)cc1. The lowest BCUT2D eigenvalue weighted by molar-refractivity contribution is 0.252. The molecule has 1 saturated heterocycles. The summed E-state index contributed by atoms with van der Waals surface area (Å²) >= 11 is 0. The highest BCUT2D eigenvalue weighted by Crippen LogP contribution is 2.32. The molecule has 4 heteroatoms. The first-order valence-corrected chi connectivity index (χ1v) is 12.7. The molecule has 1 N–H and O–H groups in total. The first-order valence-electron chi connectivity index (χ1n) is 12.7. The third kappa shape index (κ3) is 6.61. The number of benzene rings is 3. The first-order chi connectivity index (χ1) is 17.2. The number of oxime groups is 1. The second kappa shape index (κ2) is 12.4. The second-order valence-electron chi connectivity index (χ2n) is 9.50. The van der Waals surface area contributed by atoms with Gasteiger partial charge in [0.2, 0.25) is 0 Å². The van der Waals surface area contributed by atoms with Crippen molar-refractivity contribution >= 4 is 17.0 Å². The van der Waals surface area contributed by atoms with E-state index in [1.165, 1.54) is 16.7 Å². The van der Waals surface area contributed by atoms with Gasteiger partial charge in [-0.1, -0.05) is 83.5 Å². The Labute approximate surface area is 210 Å². The molecule has 4 nitrogen and oxygen atoms in total. The summed E-state index contributed by atoms with van der Waals surface area (Å²) in [6.45, 7) is 3.30. The lowest BCUT2D eigenvalue weighted by Crippen LogP contribution is -2.32. The molecule has 0 spiro atoms. The van der Waals surface area contributed by atoms with Gasteiger partial charge in [0, 0.05) is 32.9 Å². The summed E-state index contributed by atoms with van der Waals surface area (Å²) in [5.41, 5.74) is 8.53. The van der Waals surface area contributed by atoms with Crippen LogP contribution in [0.5, 0.6) is 0 Å². The molecule has 4 rings (SSSR count). The maximum atomic E-state index is 9.54. The zero-order valence-electron chi connectivity index (χ0n) is 21.0. The number of unbranched alkanes of at least 4 members (excludes halogenated alkanes) is 1. The smallest absolute Gasteiger partial charge is 0.0867 e. The summed E-state index contributed by atoms with van der Waals surface area (Å²) < 4.78 is 0. The molecule has 182 valence electrons. The number of likely N-dealkylation sites (tertiary alicyclic amines) is 1. The van der Waals surface area contributed by atoms with Crippen molar-refractivity contribution in [3.63, 3.8) is 0 Å². The minimum absolute atomic E-state index is 0.773. The molecule has 3 aromatic rings. The van der Waals surface area contributed by atoms with E-state index in [0.717, 1.165) is 68.7 Å². The van der Waals surface area contributed by atoms with E-state index >= 15 is 0 Å². The van der Waals surface area contributed by atoms with E-state index in [-0.39, 0.29) is 0 Å². The Balaban J connectivity index is 1.30. The molecular weight excluding hydrogens is 430 g/mol. The van der Waals surface area contributed by atoms with Crippen LogP contribution in [0.25, 0.3) is 5.57 Å². The zero-order valence-corrected chi connectivity index (χ0v) is 21.0. The monoisotopic (exact) mass is 467 g/mol. The van der Waals surface area contributed by atoms with Gasteiger partial charge in [-0.2, -0.15) is 0 Å². The topological polar surface area (TPSA) is 39.1 Å². The van der Waals surface area contributed by atoms with Gasteiger partial charge in [-0.15, -0.1) is 0 Å². The minimum atomic E-state index is 0.773. The predicted molar refractivity (Wildman–Crippen MR) is 148 cm³/mol. The number of rotatable bonds is 9. The number of hydrogen-bond acceptors (Lipinski definition) is 4. The molecule has 1 aliphatic heterocycles. The van der Waals surface area contributed by atoms with Crippen molar-refractivity contribution in [2.45, 2.75) is 32.1 Å². The molecular formula is C31H37N3O. The lowest BCUT2D eigenvalue weighted by atomic mass is 9.88. The van der Waals surface area contributed by atoms with Crippen LogP contribution in [-0.2, 0) is 0 Å². The quantitative estimate of drug-likeness (QED) is 0.165. The molecule has 1 fully saturated rings. The maximum Gasteiger partial charge on any atom is 0.0867 e. The van der Waals surface area contributed by atoms with Crippen LogP contribution in [0.2, 0.25) is 0 Å². The van der Waals surface area contributed by atoms with Gasteiger partial charge in [-0.3, -0.25) is 0 Å². The van der Waals surface area contributed by atoms with Crippen LogP contribution in [0.1, 0.15) is 48.8 Å².